The zero-order valence-corrected chi connectivity index (χ0v) is 8.99. The van der Waals surface area contributed by atoms with Crippen molar-refractivity contribution < 1.29 is 14.6 Å². The number of carbonyl (C=O) groups is 1. The summed E-state index contributed by atoms with van der Waals surface area (Å²) in [6, 6.07) is 5.31. The number of esters is 1. The van der Waals surface area contributed by atoms with Gasteiger partial charge in [0.05, 0.1) is 0 Å². The molecule has 0 heterocycles. The van der Waals surface area contributed by atoms with Gasteiger partial charge in [-0.25, -0.2) is 0 Å². The van der Waals surface area contributed by atoms with Crippen LogP contribution in [0.15, 0.2) is 18.2 Å². The van der Waals surface area contributed by atoms with Crippen LogP contribution in [0, 0.1) is 6.61 Å². The van der Waals surface area contributed by atoms with E-state index >= 15 is 0 Å². The number of hydrogen-bond acceptors (Lipinski definition) is 3. The standard InChI is InChI=1S/C12H15O3/c1-3-4-10-5-11(8-13)7-12(6-10)15-9(2)14/h5-8,13H,3-4H2,1-2H3. The molecule has 1 N–H and O–H groups in total. The maximum absolute atomic E-state index is 10.8. The normalized spacial score (nSPS) is 10.1. The minimum Gasteiger partial charge on any atom is -0.427 e. The zero-order valence-electron chi connectivity index (χ0n) is 8.99. The second-order valence-electron chi connectivity index (χ2n) is 3.38. The Morgan fingerprint density at radius 3 is 2.73 bits per heavy atom. The number of rotatable bonds is 4. The van der Waals surface area contributed by atoms with Crippen molar-refractivity contribution in [3.63, 3.8) is 0 Å². The van der Waals surface area contributed by atoms with Crippen molar-refractivity contribution in [2.24, 2.45) is 0 Å². The lowest BCUT2D eigenvalue weighted by molar-refractivity contribution is -0.131. The first-order valence-corrected chi connectivity index (χ1v) is 4.95. The minimum atomic E-state index is -0.354. The third-order valence-electron chi connectivity index (χ3n) is 1.94. The Hall–Kier alpha value is -1.35. The number of ether oxygens (including phenoxy) is 1. The molecule has 0 atom stereocenters. The fourth-order valence-corrected chi connectivity index (χ4v) is 1.42. The van der Waals surface area contributed by atoms with Gasteiger partial charge in [0.1, 0.15) is 12.4 Å². The lowest BCUT2D eigenvalue weighted by Gasteiger charge is -2.07. The molecule has 1 aromatic carbocycles. The van der Waals surface area contributed by atoms with Crippen molar-refractivity contribution in [1.29, 1.82) is 0 Å². The fourth-order valence-electron chi connectivity index (χ4n) is 1.42. The maximum atomic E-state index is 10.8. The number of aliphatic hydroxyl groups is 1. The van der Waals surface area contributed by atoms with Crippen molar-refractivity contribution >= 4 is 5.97 Å². The molecule has 3 heteroatoms. The van der Waals surface area contributed by atoms with Gasteiger partial charge in [-0.3, -0.25) is 4.79 Å². The molecule has 0 aliphatic rings. The third kappa shape index (κ3) is 3.72. The van der Waals surface area contributed by atoms with Crippen LogP contribution in [0.5, 0.6) is 5.75 Å². The topological polar surface area (TPSA) is 46.5 Å². The number of carbonyl (C=O) groups excluding carboxylic acids is 1. The van der Waals surface area contributed by atoms with Crippen molar-refractivity contribution in [1.82, 2.24) is 0 Å². The summed E-state index contributed by atoms with van der Waals surface area (Å²) in [5, 5.41) is 8.92. The highest BCUT2D eigenvalue weighted by Gasteiger charge is 2.03. The largest absolute Gasteiger partial charge is 0.427 e. The van der Waals surface area contributed by atoms with Crippen LogP contribution in [-0.4, -0.2) is 11.1 Å². The molecule has 0 spiro atoms. The molecule has 0 saturated heterocycles. The average molecular weight is 207 g/mol. The van der Waals surface area contributed by atoms with Crippen molar-refractivity contribution in [3.8, 4) is 5.75 Å². The quantitative estimate of drug-likeness (QED) is 0.609. The number of aryl methyl sites for hydroxylation is 1. The van der Waals surface area contributed by atoms with Crippen LogP contribution in [0.3, 0.4) is 0 Å². The lowest BCUT2D eigenvalue weighted by atomic mass is 10.1. The van der Waals surface area contributed by atoms with E-state index in [9.17, 15) is 4.79 Å². The van der Waals surface area contributed by atoms with E-state index in [1.807, 2.05) is 12.1 Å². The van der Waals surface area contributed by atoms with E-state index in [-0.39, 0.29) is 5.97 Å². The first-order valence-electron chi connectivity index (χ1n) is 4.95. The average Bonchev–Trinajstić information content (AvgIpc) is 2.16. The van der Waals surface area contributed by atoms with Crippen LogP contribution in [0.1, 0.15) is 31.4 Å². The molecule has 1 rings (SSSR count). The Bertz CT molecular complexity index is 345. The van der Waals surface area contributed by atoms with Gasteiger partial charge in [-0.2, -0.15) is 0 Å². The molecular formula is C12H15O3. The van der Waals surface area contributed by atoms with E-state index in [0.717, 1.165) is 25.0 Å². The van der Waals surface area contributed by atoms with Gasteiger partial charge >= 0.3 is 5.97 Å². The highest BCUT2D eigenvalue weighted by molar-refractivity contribution is 5.69. The molecule has 0 amide bonds. The monoisotopic (exact) mass is 207 g/mol. The molecular weight excluding hydrogens is 192 g/mol. The van der Waals surface area contributed by atoms with Crippen molar-refractivity contribution in [3.05, 3.63) is 35.9 Å². The second kappa shape index (κ2) is 5.51. The van der Waals surface area contributed by atoms with Crippen LogP contribution >= 0.6 is 0 Å². The highest BCUT2D eigenvalue weighted by atomic mass is 16.5. The Balaban J connectivity index is 2.94. The molecule has 0 aliphatic heterocycles. The Morgan fingerprint density at radius 2 is 2.20 bits per heavy atom. The molecule has 3 nitrogen and oxygen atoms in total. The Labute approximate surface area is 89.7 Å². The maximum Gasteiger partial charge on any atom is 0.308 e. The Morgan fingerprint density at radius 1 is 1.47 bits per heavy atom. The van der Waals surface area contributed by atoms with Gasteiger partial charge in [-0.1, -0.05) is 19.4 Å². The molecule has 0 aromatic heterocycles. The van der Waals surface area contributed by atoms with Crippen LogP contribution in [0.25, 0.3) is 0 Å². The van der Waals surface area contributed by atoms with E-state index in [2.05, 4.69) is 6.92 Å². The summed E-state index contributed by atoms with van der Waals surface area (Å²) >= 11 is 0. The SMILES string of the molecule is CCCc1cc([CH]O)cc(OC(C)=O)c1. The van der Waals surface area contributed by atoms with Crippen LogP contribution in [-0.2, 0) is 11.2 Å². The molecule has 0 unspecified atom stereocenters. The van der Waals surface area contributed by atoms with Gasteiger partial charge in [-0.05, 0) is 29.7 Å². The van der Waals surface area contributed by atoms with E-state index in [4.69, 9.17) is 9.84 Å². The fraction of sp³-hybridized carbons (Fsp3) is 0.333. The molecule has 0 aliphatic carbocycles. The van der Waals surface area contributed by atoms with Crippen LogP contribution < -0.4 is 4.74 Å². The molecule has 0 saturated carbocycles. The first kappa shape index (κ1) is 11.7. The molecule has 1 aromatic rings. The number of benzene rings is 1. The third-order valence-corrected chi connectivity index (χ3v) is 1.94. The molecule has 0 fully saturated rings. The van der Waals surface area contributed by atoms with Gasteiger partial charge < -0.3 is 9.84 Å². The lowest BCUT2D eigenvalue weighted by Crippen LogP contribution is -2.02. The summed E-state index contributed by atoms with van der Waals surface area (Å²) in [7, 11) is 0. The van der Waals surface area contributed by atoms with E-state index < -0.39 is 0 Å². The van der Waals surface area contributed by atoms with Gasteiger partial charge in [0.15, 0.2) is 0 Å². The summed E-state index contributed by atoms with van der Waals surface area (Å²) in [4.78, 5) is 10.8. The highest BCUT2D eigenvalue weighted by Crippen LogP contribution is 2.19. The van der Waals surface area contributed by atoms with Crippen molar-refractivity contribution in [2.75, 3.05) is 0 Å². The second-order valence-corrected chi connectivity index (χ2v) is 3.38. The molecule has 0 bridgehead atoms. The summed E-state index contributed by atoms with van der Waals surface area (Å²) in [6.07, 6.45) is 1.91. The molecule has 15 heavy (non-hydrogen) atoms. The van der Waals surface area contributed by atoms with Gasteiger partial charge in [0.25, 0.3) is 0 Å². The summed E-state index contributed by atoms with van der Waals surface area (Å²) in [5.41, 5.74) is 1.70. The Kier molecular flexibility index (Phi) is 4.31. The van der Waals surface area contributed by atoms with Crippen LogP contribution in [0.2, 0.25) is 0 Å². The zero-order chi connectivity index (χ0) is 11.3. The first-order chi connectivity index (χ1) is 7.15. The smallest absolute Gasteiger partial charge is 0.308 e. The van der Waals surface area contributed by atoms with Crippen molar-refractivity contribution in [2.45, 2.75) is 26.7 Å². The predicted molar refractivity (Wildman–Crippen MR) is 57.1 cm³/mol. The minimum absolute atomic E-state index is 0.354. The summed E-state index contributed by atoms with van der Waals surface area (Å²) < 4.78 is 4.97. The van der Waals surface area contributed by atoms with E-state index in [0.29, 0.717) is 11.3 Å². The predicted octanol–water partition coefficient (Wildman–Crippen LogP) is 2.45. The van der Waals surface area contributed by atoms with Gasteiger partial charge in [0.2, 0.25) is 0 Å². The van der Waals surface area contributed by atoms with Crippen LogP contribution in [0.4, 0.5) is 0 Å². The van der Waals surface area contributed by atoms with E-state index in [1.165, 1.54) is 6.92 Å². The number of hydrogen-bond donors (Lipinski definition) is 1. The molecule has 81 valence electrons. The van der Waals surface area contributed by atoms with Gasteiger partial charge in [-0.15, -0.1) is 0 Å². The summed E-state index contributed by atoms with van der Waals surface area (Å²) in [5.74, 6) is 0.126. The van der Waals surface area contributed by atoms with Gasteiger partial charge in [0, 0.05) is 6.92 Å². The summed E-state index contributed by atoms with van der Waals surface area (Å²) in [6.45, 7) is 4.43. The number of aliphatic hydroxyl groups excluding tert-OH is 1. The molecule has 1 radical (unpaired) electrons. The van der Waals surface area contributed by atoms with E-state index in [1.54, 1.807) is 6.07 Å².